The summed E-state index contributed by atoms with van der Waals surface area (Å²) in [4.78, 5) is 12.5. The van der Waals surface area contributed by atoms with Crippen molar-refractivity contribution >= 4 is 28.9 Å². The Bertz CT molecular complexity index is 690. The Labute approximate surface area is 122 Å². The Balaban J connectivity index is 2.33. The third-order valence-corrected chi connectivity index (χ3v) is 3.28. The minimum atomic E-state index is -0.205. The van der Waals surface area contributed by atoms with E-state index >= 15 is 0 Å². The molecule has 2 rings (SSSR count). The van der Waals surface area contributed by atoms with Crippen LogP contribution in [-0.4, -0.2) is 20.7 Å². The summed E-state index contributed by atoms with van der Waals surface area (Å²) < 4.78 is 1.54. The number of benzene rings is 1. The summed E-state index contributed by atoms with van der Waals surface area (Å²) in [5.41, 5.74) is 8.82. The van der Waals surface area contributed by atoms with E-state index in [2.05, 4.69) is 10.4 Å². The lowest BCUT2D eigenvalue weighted by Gasteiger charge is -2.10. The molecule has 2 aromatic rings. The van der Waals surface area contributed by atoms with Crippen molar-refractivity contribution in [2.75, 3.05) is 5.32 Å². The number of aromatic nitrogens is 2. The molecule has 1 aromatic carbocycles. The minimum Gasteiger partial charge on any atom is -0.389 e. The maximum absolute atomic E-state index is 12.3. The third-order valence-electron chi connectivity index (χ3n) is 3.06. The number of nitrogens with one attached hydrogen (secondary N) is 1. The van der Waals surface area contributed by atoms with E-state index in [9.17, 15) is 4.79 Å². The predicted molar refractivity (Wildman–Crippen MR) is 83.0 cm³/mol. The molecule has 6 heteroatoms. The molecule has 0 saturated heterocycles. The first-order valence-electron chi connectivity index (χ1n) is 6.10. The molecule has 20 heavy (non-hydrogen) atoms. The maximum atomic E-state index is 12.3. The van der Waals surface area contributed by atoms with Gasteiger partial charge in [-0.3, -0.25) is 9.48 Å². The monoisotopic (exact) mass is 288 g/mol. The minimum absolute atomic E-state index is 0.203. The molecule has 0 aliphatic rings. The molecule has 0 aliphatic heterocycles. The predicted octanol–water partition coefficient (Wildman–Crippen LogP) is 1.92. The van der Waals surface area contributed by atoms with E-state index in [1.54, 1.807) is 19.3 Å². The molecule has 0 fully saturated rings. The highest BCUT2D eigenvalue weighted by Gasteiger charge is 2.16. The van der Waals surface area contributed by atoms with Crippen LogP contribution >= 0.6 is 12.2 Å². The standard InChI is InChI=1S/C14H16N4OS/c1-8-4-5-10(9(2)6-8)14(19)17-13-11(12(15)20)7-16-18(13)3/h4-7H,1-3H3,(H2,15,20)(H,17,19). The zero-order valence-corrected chi connectivity index (χ0v) is 12.4. The van der Waals surface area contributed by atoms with Crippen LogP contribution in [0.5, 0.6) is 0 Å². The van der Waals surface area contributed by atoms with Gasteiger partial charge in [0.05, 0.1) is 11.8 Å². The number of nitrogens with zero attached hydrogens (tertiary/aromatic N) is 2. The number of anilines is 1. The molecule has 0 bridgehead atoms. The van der Waals surface area contributed by atoms with Crippen LogP contribution in [0, 0.1) is 13.8 Å². The number of hydrogen-bond donors (Lipinski definition) is 2. The highest BCUT2D eigenvalue weighted by atomic mass is 32.1. The number of aryl methyl sites for hydroxylation is 3. The van der Waals surface area contributed by atoms with Crippen LogP contribution in [0.25, 0.3) is 0 Å². The van der Waals surface area contributed by atoms with Gasteiger partial charge in [0.15, 0.2) is 0 Å². The van der Waals surface area contributed by atoms with Gasteiger partial charge in [-0.1, -0.05) is 29.9 Å². The molecule has 0 atom stereocenters. The van der Waals surface area contributed by atoms with Gasteiger partial charge in [-0.15, -0.1) is 0 Å². The van der Waals surface area contributed by atoms with Crippen LogP contribution in [0.1, 0.15) is 27.0 Å². The molecule has 0 saturated carbocycles. The van der Waals surface area contributed by atoms with Gasteiger partial charge in [-0.25, -0.2) is 0 Å². The summed E-state index contributed by atoms with van der Waals surface area (Å²) in [6.45, 7) is 3.89. The van der Waals surface area contributed by atoms with Crippen LogP contribution in [0.2, 0.25) is 0 Å². The van der Waals surface area contributed by atoms with Crippen molar-refractivity contribution < 1.29 is 4.79 Å². The second-order valence-corrected chi connectivity index (χ2v) is 5.11. The van der Waals surface area contributed by atoms with Crippen LogP contribution in [0.15, 0.2) is 24.4 Å². The van der Waals surface area contributed by atoms with E-state index < -0.39 is 0 Å². The van der Waals surface area contributed by atoms with E-state index in [0.29, 0.717) is 16.9 Å². The average molecular weight is 288 g/mol. The van der Waals surface area contributed by atoms with Crippen molar-refractivity contribution in [3.63, 3.8) is 0 Å². The van der Waals surface area contributed by atoms with Gasteiger partial charge < -0.3 is 11.1 Å². The lowest BCUT2D eigenvalue weighted by Crippen LogP contribution is -2.19. The Morgan fingerprint density at radius 1 is 1.35 bits per heavy atom. The number of rotatable bonds is 3. The number of amides is 1. The van der Waals surface area contributed by atoms with Gasteiger partial charge in [-0.2, -0.15) is 5.10 Å². The summed E-state index contributed by atoms with van der Waals surface area (Å²) in [5.74, 6) is 0.297. The maximum Gasteiger partial charge on any atom is 0.257 e. The highest BCUT2D eigenvalue weighted by molar-refractivity contribution is 7.80. The molecule has 104 valence electrons. The molecule has 1 aromatic heterocycles. The molecular weight excluding hydrogens is 272 g/mol. The fourth-order valence-corrected chi connectivity index (χ4v) is 2.16. The summed E-state index contributed by atoms with van der Waals surface area (Å²) >= 11 is 4.95. The van der Waals surface area contributed by atoms with Crippen molar-refractivity contribution in [2.24, 2.45) is 12.8 Å². The summed E-state index contributed by atoms with van der Waals surface area (Å²) in [5, 5.41) is 6.87. The molecule has 0 aliphatic carbocycles. The van der Waals surface area contributed by atoms with E-state index in [-0.39, 0.29) is 10.9 Å². The Kier molecular flexibility index (Phi) is 3.85. The van der Waals surface area contributed by atoms with E-state index in [0.717, 1.165) is 11.1 Å². The van der Waals surface area contributed by atoms with E-state index in [1.807, 2.05) is 26.0 Å². The van der Waals surface area contributed by atoms with Crippen molar-refractivity contribution in [3.05, 3.63) is 46.6 Å². The number of carbonyl (C=O) groups is 1. The summed E-state index contributed by atoms with van der Waals surface area (Å²) in [6.07, 6.45) is 1.54. The second-order valence-electron chi connectivity index (χ2n) is 4.67. The smallest absolute Gasteiger partial charge is 0.257 e. The highest BCUT2D eigenvalue weighted by Crippen LogP contribution is 2.17. The average Bonchev–Trinajstić information content (AvgIpc) is 2.71. The number of nitrogens with two attached hydrogens (primary N) is 1. The van der Waals surface area contributed by atoms with Gasteiger partial charge in [-0.05, 0) is 25.5 Å². The Morgan fingerprint density at radius 2 is 2.05 bits per heavy atom. The molecule has 0 radical (unpaired) electrons. The molecule has 1 heterocycles. The van der Waals surface area contributed by atoms with Gasteiger partial charge in [0, 0.05) is 12.6 Å². The van der Waals surface area contributed by atoms with Gasteiger partial charge in [0.2, 0.25) is 0 Å². The normalized spacial score (nSPS) is 10.3. The zero-order chi connectivity index (χ0) is 14.9. The van der Waals surface area contributed by atoms with Crippen LogP contribution in [-0.2, 0) is 7.05 Å². The summed E-state index contributed by atoms with van der Waals surface area (Å²) in [6, 6.07) is 5.67. The Hall–Kier alpha value is -2.21. The van der Waals surface area contributed by atoms with Gasteiger partial charge in [0.25, 0.3) is 5.91 Å². The van der Waals surface area contributed by atoms with Crippen molar-refractivity contribution in [3.8, 4) is 0 Å². The van der Waals surface area contributed by atoms with Crippen LogP contribution in [0.3, 0.4) is 0 Å². The topological polar surface area (TPSA) is 72.9 Å². The largest absolute Gasteiger partial charge is 0.389 e. The van der Waals surface area contributed by atoms with Crippen LogP contribution < -0.4 is 11.1 Å². The van der Waals surface area contributed by atoms with Crippen molar-refractivity contribution in [2.45, 2.75) is 13.8 Å². The molecule has 0 unspecified atom stereocenters. The fraction of sp³-hybridized carbons (Fsp3) is 0.214. The summed E-state index contributed by atoms with van der Waals surface area (Å²) in [7, 11) is 1.72. The first-order valence-corrected chi connectivity index (χ1v) is 6.51. The first kappa shape index (κ1) is 14.2. The van der Waals surface area contributed by atoms with Gasteiger partial charge >= 0.3 is 0 Å². The molecule has 5 nitrogen and oxygen atoms in total. The SMILES string of the molecule is Cc1ccc(C(=O)Nc2c(C(N)=S)cnn2C)c(C)c1. The molecule has 3 N–H and O–H groups in total. The van der Waals surface area contributed by atoms with Crippen molar-refractivity contribution in [1.82, 2.24) is 9.78 Å². The van der Waals surface area contributed by atoms with E-state index in [1.165, 1.54) is 4.68 Å². The molecule has 0 spiro atoms. The second kappa shape index (κ2) is 5.42. The number of carbonyl (C=O) groups excluding carboxylic acids is 1. The Morgan fingerprint density at radius 3 is 2.65 bits per heavy atom. The number of thiocarbonyl (C=S) groups is 1. The van der Waals surface area contributed by atoms with Crippen molar-refractivity contribution in [1.29, 1.82) is 0 Å². The van der Waals surface area contributed by atoms with Gasteiger partial charge in [0.1, 0.15) is 10.8 Å². The number of hydrogen-bond acceptors (Lipinski definition) is 3. The zero-order valence-electron chi connectivity index (χ0n) is 11.6. The third kappa shape index (κ3) is 2.70. The van der Waals surface area contributed by atoms with Crippen LogP contribution in [0.4, 0.5) is 5.82 Å². The molecule has 1 amide bonds. The van der Waals surface area contributed by atoms with E-state index in [4.69, 9.17) is 18.0 Å². The fourth-order valence-electron chi connectivity index (χ4n) is 2.01. The quantitative estimate of drug-likeness (QED) is 0.846. The lowest BCUT2D eigenvalue weighted by molar-refractivity contribution is 0.102. The first-order chi connectivity index (χ1) is 9.40. The lowest BCUT2D eigenvalue weighted by atomic mass is 10.1. The molecular formula is C14H16N4OS.